The monoisotopic (exact) mass is 460 g/mol. The maximum Gasteiger partial charge on any atom is 0.407 e. The molecule has 0 heterocycles. The minimum absolute atomic E-state index is 0.300. The summed E-state index contributed by atoms with van der Waals surface area (Å²) < 4.78 is 118. The van der Waals surface area contributed by atoms with E-state index in [4.69, 9.17) is 4.74 Å². The highest BCUT2D eigenvalue weighted by Crippen LogP contribution is 2.20. The second-order valence-electron chi connectivity index (χ2n) is 6.88. The van der Waals surface area contributed by atoms with E-state index in [1.807, 2.05) is 0 Å². The number of hydrogen-bond acceptors (Lipinski definition) is 1. The summed E-state index contributed by atoms with van der Waals surface area (Å²) in [5, 5.41) is 0. The number of ether oxygens (including phenoxy) is 1. The van der Waals surface area contributed by atoms with E-state index in [1.165, 1.54) is 0 Å². The van der Waals surface area contributed by atoms with Crippen LogP contribution in [-0.2, 0) is 0 Å². The Bertz CT molecular complexity index is 1130. The van der Waals surface area contributed by atoms with Crippen molar-refractivity contribution in [2.24, 2.45) is 0 Å². The number of aryl methyl sites for hydroxylation is 2. The van der Waals surface area contributed by atoms with Gasteiger partial charge in [0.2, 0.25) is 0 Å². The standard InChI is InChI=1S/2C7H4F3.C7H5F2O.Al/c2*1-4-2-5(8)3-6(9)7(4)10;1-10-7-3-2-5(8)4-6(7)9;/h2*2H,1H3;3-4H,1H3;. The topological polar surface area (TPSA) is 9.23 Å². The van der Waals surface area contributed by atoms with Crippen LogP contribution in [0.5, 0.6) is 5.75 Å². The molecule has 31 heavy (non-hydrogen) atoms. The van der Waals surface area contributed by atoms with Crippen molar-refractivity contribution in [3.8, 4) is 5.75 Å². The van der Waals surface area contributed by atoms with Crippen LogP contribution in [0, 0.1) is 60.4 Å². The summed E-state index contributed by atoms with van der Waals surface area (Å²) in [5.74, 6) is -12.6. The van der Waals surface area contributed by atoms with Crippen molar-refractivity contribution in [1.82, 2.24) is 0 Å². The van der Waals surface area contributed by atoms with Gasteiger partial charge in [0.1, 0.15) is 29.1 Å². The van der Waals surface area contributed by atoms with Crippen molar-refractivity contribution in [2.75, 3.05) is 7.11 Å². The molecule has 0 aliphatic heterocycles. The first-order valence-electron chi connectivity index (χ1n) is 8.80. The Labute approximate surface area is 176 Å². The third-order valence-corrected chi connectivity index (χ3v) is 8.19. The molecule has 0 bridgehead atoms. The maximum absolute atomic E-state index is 14.8. The zero-order valence-electron chi connectivity index (χ0n) is 16.3. The average Bonchev–Trinajstić information content (AvgIpc) is 2.70. The SMILES string of the molecule is COc1c[c]([Al]([c]2c(F)cc(C)c(F)c2F)[c]2c(F)cc(C)c(F)c2F)c(F)cc1F. The summed E-state index contributed by atoms with van der Waals surface area (Å²) in [6, 6.07) is 2.13. The highest BCUT2D eigenvalue weighted by atomic mass is 27.2. The lowest BCUT2D eigenvalue weighted by molar-refractivity contribution is 0.385. The highest BCUT2D eigenvalue weighted by Gasteiger charge is 2.40. The molecule has 0 amide bonds. The van der Waals surface area contributed by atoms with Crippen LogP contribution >= 0.6 is 0 Å². The molecule has 0 aliphatic rings. The van der Waals surface area contributed by atoms with E-state index in [-0.39, 0.29) is 0 Å². The van der Waals surface area contributed by atoms with Gasteiger partial charge in [-0.3, -0.25) is 0 Å². The van der Waals surface area contributed by atoms with Gasteiger partial charge in [-0.15, -0.1) is 0 Å². The largest absolute Gasteiger partial charge is 0.494 e. The third-order valence-electron chi connectivity index (χ3n) is 4.91. The lowest BCUT2D eigenvalue weighted by Crippen LogP contribution is -2.58. The molecule has 0 saturated carbocycles. The number of rotatable bonds is 4. The Balaban J connectivity index is 2.50. The van der Waals surface area contributed by atoms with Crippen molar-refractivity contribution >= 4 is 27.4 Å². The van der Waals surface area contributed by atoms with Crippen molar-refractivity contribution in [2.45, 2.75) is 13.8 Å². The van der Waals surface area contributed by atoms with Crippen molar-refractivity contribution in [3.05, 3.63) is 81.9 Å². The first-order chi connectivity index (χ1) is 14.5. The Morgan fingerprint density at radius 2 is 1.03 bits per heavy atom. The van der Waals surface area contributed by atoms with Gasteiger partial charge < -0.3 is 4.74 Å². The molecule has 0 radical (unpaired) electrons. The van der Waals surface area contributed by atoms with Crippen LogP contribution in [0.4, 0.5) is 35.1 Å². The van der Waals surface area contributed by atoms with Crippen molar-refractivity contribution in [1.29, 1.82) is 0 Å². The summed E-state index contributed by atoms with van der Waals surface area (Å²) in [4.78, 5) is 0. The number of benzene rings is 3. The van der Waals surface area contributed by atoms with Gasteiger partial charge in [-0.05, 0) is 52.0 Å². The molecular formula is C21H13AlF8O. The van der Waals surface area contributed by atoms with E-state index in [1.54, 1.807) is 0 Å². The fourth-order valence-corrected chi connectivity index (χ4v) is 6.43. The molecule has 0 aliphatic carbocycles. The fraction of sp³-hybridized carbons (Fsp3) is 0.143. The predicted octanol–water partition coefficient (Wildman–Crippen LogP) is 3.94. The molecule has 3 aromatic carbocycles. The smallest absolute Gasteiger partial charge is 0.407 e. The Kier molecular flexibility index (Phi) is 6.35. The second kappa shape index (κ2) is 8.52. The number of halogens is 8. The summed E-state index contributed by atoms with van der Waals surface area (Å²) >= 11 is -4.27. The summed E-state index contributed by atoms with van der Waals surface area (Å²) in [5.41, 5.74) is -0.889. The van der Waals surface area contributed by atoms with Gasteiger partial charge in [-0.2, -0.15) is 0 Å². The van der Waals surface area contributed by atoms with Crippen LogP contribution in [0.15, 0.2) is 24.3 Å². The third kappa shape index (κ3) is 3.90. The Morgan fingerprint density at radius 1 is 0.581 bits per heavy atom. The van der Waals surface area contributed by atoms with Gasteiger partial charge in [-0.1, -0.05) is 4.43 Å². The predicted molar refractivity (Wildman–Crippen MR) is 99.7 cm³/mol. The van der Waals surface area contributed by atoms with Gasteiger partial charge in [0, 0.05) is 6.07 Å². The molecule has 0 saturated heterocycles. The summed E-state index contributed by atoms with van der Waals surface area (Å²) in [6.07, 6.45) is 0. The van der Waals surface area contributed by atoms with Gasteiger partial charge in [0.25, 0.3) is 0 Å². The zero-order valence-corrected chi connectivity index (χ0v) is 17.5. The van der Waals surface area contributed by atoms with Gasteiger partial charge >= 0.3 is 14.1 Å². The van der Waals surface area contributed by atoms with E-state index in [0.717, 1.165) is 21.0 Å². The minimum atomic E-state index is -4.27. The lowest BCUT2D eigenvalue weighted by Gasteiger charge is -2.20. The fourth-order valence-electron chi connectivity index (χ4n) is 3.36. The number of methoxy groups -OCH3 is 1. The molecule has 0 spiro atoms. The molecule has 3 aromatic rings. The van der Waals surface area contributed by atoms with E-state index >= 15 is 0 Å². The highest BCUT2D eigenvalue weighted by molar-refractivity contribution is 6.95. The van der Waals surface area contributed by atoms with Crippen LogP contribution in [0.1, 0.15) is 11.1 Å². The molecular weight excluding hydrogens is 447 g/mol. The average molecular weight is 460 g/mol. The maximum atomic E-state index is 14.8. The van der Waals surface area contributed by atoms with Crippen molar-refractivity contribution in [3.63, 3.8) is 0 Å². The molecule has 0 atom stereocenters. The normalized spacial score (nSPS) is 11.1. The van der Waals surface area contributed by atoms with E-state index < -0.39 is 90.8 Å². The van der Waals surface area contributed by atoms with Crippen molar-refractivity contribution < 1.29 is 39.9 Å². The van der Waals surface area contributed by atoms with Gasteiger partial charge in [0.15, 0.2) is 23.2 Å². The molecule has 162 valence electrons. The molecule has 10 heteroatoms. The van der Waals surface area contributed by atoms with Crippen LogP contribution in [0.3, 0.4) is 0 Å². The molecule has 0 fully saturated rings. The van der Waals surface area contributed by atoms with Crippen LogP contribution in [0.2, 0.25) is 0 Å². The molecule has 0 N–H and O–H groups in total. The molecule has 1 nitrogen and oxygen atoms in total. The van der Waals surface area contributed by atoms with E-state index in [9.17, 15) is 35.1 Å². The van der Waals surface area contributed by atoms with Gasteiger partial charge in [0.05, 0.1) is 7.11 Å². The Hall–Kier alpha value is -2.57. The first-order valence-corrected chi connectivity index (χ1v) is 10.5. The van der Waals surface area contributed by atoms with Crippen LogP contribution in [-0.4, -0.2) is 21.3 Å². The lowest BCUT2D eigenvalue weighted by atomic mass is 10.2. The number of hydrogen-bond donors (Lipinski definition) is 0. The van der Waals surface area contributed by atoms with Crippen LogP contribution in [0.25, 0.3) is 0 Å². The van der Waals surface area contributed by atoms with Crippen LogP contribution < -0.4 is 18.0 Å². The van der Waals surface area contributed by atoms with E-state index in [2.05, 4.69) is 0 Å². The summed E-state index contributed by atoms with van der Waals surface area (Å²) in [7, 11) is 1.01. The van der Waals surface area contributed by atoms with E-state index in [0.29, 0.717) is 24.3 Å². The first kappa shape index (κ1) is 23.1. The summed E-state index contributed by atoms with van der Waals surface area (Å²) in [6.45, 7) is 2.10. The molecule has 0 aromatic heterocycles. The molecule has 3 rings (SSSR count). The molecule has 0 unspecified atom stereocenters. The van der Waals surface area contributed by atoms with Gasteiger partial charge in [-0.25, -0.2) is 35.1 Å². The second-order valence-corrected chi connectivity index (χ2v) is 9.52. The minimum Gasteiger partial charge on any atom is -0.494 e. The zero-order chi connectivity index (χ0) is 23.2. The quantitative estimate of drug-likeness (QED) is 0.326. The Morgan fingerprint density at radius 3 is 1.45 bits per heavy atom.